The maximum atomic E-state index is 5.02. The molecule has 0 aromatic rings. The summed E-state index contributed by atoms with van der Waals surface area (Å²) < 4.78 is 0. The molecular weight excluding hydrogens is 298 g/mol. The summed E-state index contributed by atoms with van der Waals surface area (Å²) in [7, 11) is 2.25. The van der Waals surface area contributed by atoms with Gasteiger partial charge in [0.25, 0.3) is 0 Å². The number of hydrogen-bond donors (Lipinski definition) is 2. The molecule has 0 aromatic carbocycles. The summed E-state index contributed by atoms with van der Waals surface area (Å²) in [5.74, 6) is 1.00. The molecule has 5 nitrogen and oxygen atoms in total. The van der Waals surface area contributed by atoms with Gasteiger partial charge in [-0.15, -0.1) is 0 Å². The topological polar surface area (TPSA) is 42.9 Å². The standard InChI is InChI=1S/C19H39N5/c1-4-6-12-21-18(20-5-2)22-17-19(10-15-23(3)16-11-19)24-13-8-7-9-14-24/h4-17H2,1-3H3,(H2,20,21,22). The lowest BCUT2D eigenvalue weighted by Crippen LogP contribution is -2.58. The fourth-order valence-electron chi connectivity index (χ4n) is 3.93. The van der Waals surface area contributed by atoms with Crippen LogP contribution in [0.3, 0.4) is 0 Å². The molecule has 2 saturated heterocycles. The van der Waals surface area contributed by atoms with E-state index >= 15 is 0 Å². The third-order valence-corrected chi connectivity index (χ3v) is 5.64. The molecule has 0 aliphatic carbocycles. The zero-order valence-corrected chi connectivity index (χ0v) is 16.2. The lowest BCUT2D eigenvalue weighted by Gasteiger charge is -2.49. The van der Waals surface area contributed by atoms with Crippen molar-refractivity contribution in [3.8, 4) is 0 Å². The normalized spacial score (nSPS) is 23.2. The van der Waals surface area contributed by atoms with Crippen molar-refractivity contribution in [1.82, 2.24) is 20.4 Å². The van der Waals surface area contributed by atoms with Crippen LogP contribution in [0.15, 0.2) is 4.99 Å². The first-order chi connectivity index (χ1) is 11.7. The van der Waals surface area contributed by atoms with Crippen LogP contribution >= 0.6 is 0 Å². The number of unbranched alkanes of at least 4 members (excludes halogenated alkanes) is 1. The van der Waals surface area contributed by atoms with E-state index in [-0.39, 0.29) is 5.54 Å². The molecule has 2 heterocycles. The Morgan fingerprint density at radius 1 is 1.00 bits per heavy atom. The fraction of sp³-hybridized carbons (Fsp3) is 0.947. The van der Waals surface area contributed by atoms with Crippen LogP contribution in [0.1, 0.15) is 58.8 Å². The molecule has 0 spiro atoms. The van der Waals surface area contributed by atoms with Gasteiger partial charge >= 0.3 is 0 Å². The van der Waals surface area contributed by atoms with Gasteiger partial charge in [-0.3, -0.25) is 9.89 Å². The van der Waals surface area contributed by atoms with Crippen molar-refractivity contribution in [2.24, 2.45) is 4.99 Å². The van der Waals surface area contributed by atoms with E-state index in [1.807, 2.05) is 0 Å². The van der Waals surface area contributed by atoms with E-state index in [2.05, 4.69) is 41.3 Å². The second-order valence-electron chi connectivity index (χ2n) is 7.55. The molecule has 2 aliphatic rings. The fourth-order valence-corrected chi connectivity index (χ4v) is 3.93. The van der Waals surface area contributed by atoms with Crippen molar-refractivity contribution < 1.29 is 0 Å². The van der Waals surface area contributed by atoms with E-state index in [4.69, 9.17) is 4.99 Å². The molecule has 2 fully saturated rings. The molecular formula is C19H39N5. The molecule has 0 unspecified atom stereocenters. The second kappa shape index (κ2) is 10.2. The van der Waals surface area contributed by atoms with E-state index in [1.165, 1.54) is 71.1 Å². The SMILES string of the molecule is CCCCNC(=NCC1(N2CCCCC2)CCN(C)CC1)NCC. The molecule has 140 valence electrons. The molecule has 24 heavy (non-hydrogen) atoms. The maximum Gasteiger partial charge on any atom is 0.191 e. The molecule has 2 aliphatic heterocycles. The lowest BCUT2D eigenvalue weighted by atomic mass is 9.84. The van der Waals surface area contributed by atoms with Gasteiger partial charge in [-0.2, -0.15) is 0 Å². The van der Waals surface area contributed by atoms with Gasteiger partial charge in [0, 0.05) is 18.6 Å². The van der Waals surface area contributed by atoms with E-state index in [0.29, 0.717) is 0 Å². The van der Waals surface area contributed by atoms with Crippen LogP contribution in [0.5, 0.6) is 0 Å². The third-order valence-electron chi connectivity index (χ3n) is 5.64. The highest BCUT2D eigenvalue weighted by atomic mass is 15.3. The Hall–Kier alpha value is -0.810. The first-order valence-electron chi connectivity index (χ1n) is 10.2. The minimum atomic E-state index is 0.278. The van der Waals surface area contributed by atoms with Crippen LogP contribution in [-0.2, 0) is 0 Å². The van der Waals surface area contributed by atoms with Crippen molar-refractivity contribution in [3.05, 3.63) is 0 Å². The highest BCUT2D eigenvalue weighted by Gasteiger charge is 2.39. The number of piperidine rings is 2. The predicted octanol–water partition coefficient (Wildman–Crippen LogP) is 2.29. The van der Waals surface area contributed by atoms with Gasteiger partial charge < -0.3 is 15.5 Å². The molecule has 5 heteroatoms. The Bertz CT molecular complexity index is 368. The van der Waals surface area contributed by atoms with E-state index in [9.17, 15) is 0 Å². The number of guanidine groups is 1. The Balaban J connectivity index is 2.03. The lowest BCUT2D eigenvalue weighted by molar-refractivity contribution is 0.0208. The monoisotopic (exact) mass is 337 g/mol. The average Bonchev–Trinajstić information content (AvgIpc) is 2.62. The van der Waals surface area contributed by atoms with Gasteiger partial charge in [0.1, 0.15) is 0 Å². The number of nitrogens with one attached hydrogen (secondary N) is 2. The molecule has 2 rings (SSSR count). The molecule has 0 bridgehead atoms. The minimum Gasteiger partial charge on any atom is -0.357 e. The Morgan fingerprint density at radius 2 is 1.71 bits per heavy atom. The number of hydrogen-bond acceptors (Lipinski definition) is 3. The van der Waals surface area contributed by atoms with Crippen LogP contribution in [0.4, 0.5) is 0 Å². The Labute approximate surface area is 149 Å². The number of rotatable bonds is 7. The van der Waals surface area contributed by atoms with Gasteiger partial charge in [0.05, 0.1) is 6.54 Å². The van der Waals surface area contributed by atoms with Crippen LogP contribution in [0.2, 0.25) is 0 Å². The largest absolute Gasteiger partial charge is 0.357 e. The zero-order chi connectivity index (χ0) is 17.3. The smallest absolute Gasteiger partial charge is 0.191 e. The summed E-state index contributed by atoms with van der Waals surface area (Å²) in [6.45, 7) is 12.2. The van der Waals surface area contributed by atoms with E-state index < -0.39 is 0 Å². The Kier molecular flexibility index (Phi) is 8.33. The third kappa shape index (κ3) is 5.62. The summed E-state index contributed by atoms with van der Waals surface area (Å²) in [6, 6.07) is 0. The molecule has 0 amide bonds. The summed E-state index contributed by atoms with van der Waals surface area (Å²) in [5.41, 5.74) is 0.278. The summed E-state index contributed by atoms with van der Waals surface area (Å²) >= 11 is 0. The quantitative estimate of drug-likeness (QED) is 0.425. The highest BCUT2D eigenvalue weighted by Crippen LogP contribution is 2.31. The Morgan fingerprint density at radius 3 is 2.33 bits per heavy atom. The van der Waals surface area contributed by atoms with Crippen molar-refractivity contribution in [2.45, 2.75) is 64.3 Å². The van der Waals surface area contributed by atoms with Gasteiger partial charge in [0.2, 0.25) is 0 Å². The summed E-state index contributed by atoms with van der Waals surface area (Å²) in [4.78, 5) is 10.3. The first-order valence-corrected chi connectivity index (χ1v) is 10.2. The van der Waals surface area contributed by atoms with Crippen molar-refractivity contribution in [1.29, 1.82) is 0 Å². The van der Waals surface area contributed by atoms with Crippen LogP contribution in [0, 0.1) is 0 Å². The van der Waals surface area contributed by atoms with Gasteiger partial charge in [0.15, 0.2) is 5.96 Å². The van der Waals surface area contributed by atoms with Crippen LogP contribution < -0.4 is 10.6 Å². The molecule has 0 saturated carbocycles. The highest BCUT2D eigenvalue weighted by molar-refractivity contribution is 5.79. The molecule has 2 N–H and O–H groups in total. The second-order valence-corrected chi connectivity index (χ2v) is 7.55. The van der Waals surface area contributed by atoms with Gasteiger partial charge in [-0.1, -0.05) is 19.8 Å². The van der Waals surface area contributed by atoms with Gasteiger partial charge in [-0.05, 0) is 72.3 Å². The van der Waals surface area contributed by atoms with Crippen molar-refractivity contribution in [3.63, 3.8) is 0 Å². The van der Waals surface area contributed by atoms with Crippen LogP contribution in [0.25, 0.3) is 0 Å². The number of aliphatic imine (C=N–C) groups is 1. The van der Waals surface area contributed by atoms with Crippen molar-refractivity contribution in [2.75, 3.05) is 52.9 Å². The van der Waals surface area contributed by atoms with Gasteiger partial charge in [-0.25, -0.2) is 0 Å². The molecule has 0 atom stereocenters. The average molecular weight is 338 g/mol. The van der Waals surface area contributed by atoms with E-state index in [1.54, 1.807) is 0 Å². The number of nitrogens with zero attached hydrogens (tertiary/aromatic N) is 3. The van der Waals surface area contributed by atoms with Crippen molar-refractivity contribution >= 4 is 5.96 Å². The van der Waals surface area contributed by atoms with E-state index in [0.717, 1.165) is 25.6 Å². The number of likely N-dealkylation sites (tertiary alicyclic amines) is 2. The summed E-state index contributed by atoms with van der Waals surface area (Å²) in [6.07, 6.45) is 9.04. The molecule has 0 aromatic heterocycles. The summed E-state index contributed by atoms with van der Waals surface area (Å²) in [5, 5.41) is 6.92. The zero-order valence-electron chi connectivity index (χ0n) is 16.2. The predicted molar refractivity (Wildman–Crippen MR) is 104 cm³/mol. The molecule has 0 radical (unpaired) electrons. The van der Waals surface area contributed by atoms with Crippen LogP contribution in [-0.4, -0.2) is 74.2 Å². The maximum absolute atomic E-state index is 5.02. The first kappa shape index (κ1) is 19.5. The minimum absolute atomic E-state index is 0.278.